The molecule has 0 spiro atoms. The van der Waals surface area contributed by atoms with Crippen molar-refractivity contribution in [1.29, 1.82) is 0 Å². The van der Waals surface area contributed by atoms with E-state index in [2.05, 4.69) is 15.9 Å². The molecule has 3 N–H and O–H groups in total. The molecule has 0 unspecified atom stereocenters. The number of hydrogen-bond acceptors (Lipinski definition) is 5. The van der Waals surface area contributed by atoms with E-state index in [1.807, 2.05) is 30.3 Å². The zero-order valence-corrected chi connectivity index (χ0v) is 18.7. The monoisotopic (exact) mass is 489 g/mol. The molecule has 6 nitrogen and oxygen atoms in total. The fraction of sp³-hybridized carbons (Fsp3) is 0.136. The van der Waals surface area contributed by atoms with Crippen molar-refractivity contribution in [2.45, 2.75) is 23.1 Å². The molecule has 0 aliphatic carbocycles. The second-order valence-electron chi connectivity index (χ2n) is 6.68. The van der Waals surface area contributed by atoms with E-state index in [9.17, 15) is 18.3 Å². The summed E-state index contributed by atoms with van der Waals surface area (Å²) in [5.74, 6) is -0.850. The Morgan fingerprint density at radius 3 is 2.23 bits per heavy atom. The Morgan fingerprint density at radius 2 is 1.70 bits per heavy atom. The molecule has 3 aromatic carbocycles. The Balaban J connectivity index is 2.31. The van der Waals surface area contributed by atoms with Crippen LogP contribution in [0.5, 0.6) is 5.75 Å². The molecular formula is C22H20BrNO5S. The highest BCUT2D eigenvalue weighted by Gasteiger charge is 2.32. The number of anilines is 1. The summed E-state index contributed by atoms with van der Waals surface area (Å²) in [6.45, 7) is 1.69. The summed E-state index contributed by atoms with van der Waals surface area (Å²) in [4.78, 5) is 11.9. The fourth-order valence-electron chi connectivity index (χ4n) is 3.26. The highest BCUT2D eigenvalue weighted by atomic mass is 79.9. The summed E-state index contributed by atoms with van der Waals surface area (Å²) < 4.78 is 32.0. The third-order valence-corrected chi connectivity index (χ3v) is 7.82. The van der Waals surface area contributed by atoms with Gasteiger partial charge in [0.1, 0.15) is 10.6 Å². The molecule has 3 aromatic rings. The van der Waals surface area contributed by atoms with Gasteiger partial charge in [0.15, 0.2) is 0 Å². The first-order valence-corrected chi connectivity index (χ1v) is 11.2. The maximum atomic E-state index is 13.5. The van der Waals surface area contributed by atoms with Crippen LogP contribution in [0.4, 0.5) is 5.69 Å². The first-order valence-electron chi connectivity index (χ1n) is 8.95. The second-order valence-corrected chi connectivity index (χ2v) is 9.36. The summed E-state index contributed by atoms with van der Waals surface area (Å²) in [6.07, 6.45) is 0.233. The van der Waals surface area contributed by atoms with Gasteiger partial charge in [0, 0.05) is 0 Å². The number of benzene rings is 3. The van der Waals surface area contributed by atoms with Gasteiger partial charge in [-0.15, -0.1) is 0 Å². The molecule has 8 heteroatoms. The lowest BCUT2D eigenvalue weighted by molar-refractivity contribution is 0.0691. The number of aromatic carboxylic acids is 1. The molecule has 0 amide bonds. The third kappa shape index (κ3) is 3.93. The van der Waals surface area contributed by atoms with Gasteiger partial charge in [0.2, 0.25) is 9.84 Å². The molecule has 0 saturated carbocycles. The maximum absolute atomic E-state index is 13.5. The standard InChI is InChI=1S/C22H20BrNO5S/c1-13-17(12-14-6-4-3-5-7-14)18(22(25)26)21(19(23)20(13)24)30(27,28)16-10-8-15(29-2)9-11-16/h3-11H,12,24H2,1-2H3,(H,25,26). The van der Waals surface area contributed by atoms with Crippen molar-refractivity contribution >= 4 is 37.4 Å². The van der Waals surface area contributed by atoms with Gasteiger partial charge >= 0.3 is 5.97 Å². The number of rotatable bonds is 6. The molecule has 156 valence electrons. The van der Waals surface area contributed by atoms with E-state index >= 15 is 0 Å². The van der Waals surface area contributed by atoms with E-state index in [-0.39, 0.29) is 31.9 Å². The largest absolute Gasteiger partial charge is 0.497 e. The lowest BCUT2D eigenvalue weighted by Crippen LogP contribution is -2.17. The molecular weight excluding hydrogens is 470 g/mol. The van der Waals surface area contributed by atoms with Gasteiger partial charge in [0.25, 0.3) is 0 Å². The molecule has 0 heterocycles. The predicted octanol–water partition coefficient (Wildman–Crippen LogP) is 4.47. The van der Waals surface area contributed by atoms with Gasteiger partial charge in [-0.25, -0.2) is 13.2 Å². The van der Waals surface area contributed by atoms with Gasteiger partial charge in [-0.1, -0.05) is 30.3 Å². The van der Waals surface area contributed by atoms with Gasteiger partial charge < -0.3 is 15.6 Å². The molecule has 3 rings (SSSR count). The smallest absolute Gasteiger partial charge is 0.337 e. The molecule has 0 aliphatic rings. The number of methoxy groups -OCH3 is 1. The number of hydrogen-bond donors (Lipinski definition) is 2. The van der Waals surface area contributed by atoms with Crippen LogP contribution in [0.25, 0.3) is 0 Å². The number of carbonyl (C=O) groups is 1. The fourth-order valence-corrected chi connectivity index (χ4v) is 5.95. The molecule has 30 heavy (non-hydrogen) atoms. The molecule has 0 atom stereocenters. The Labute approximate surface area is 183 Å². The van der Waals surface area contributed by atoms with Crippen LogP contribution in [0.1, 0.15) is 27.0 Å². The SMILES string of the molecule is COc1ccc(S(=O)(=O)c2c(Br)c(N)c(C)c(Cc3ccccc3)c2C(=O)O)cc1. The van der Waals surface area contributed by atoms with Crippen molar-refractivity contribution in [3.8, 4) is 5.75 Å². The van der Waals surface area contributed by atoms with Crippen LogP contribution in [-0.4, -0.2) is 26.6 Å². The summed E-state index contributed by atoms with van der Waals surface area (Å²) in [6, 6.07) is 15.0. The predicted molar refractivity (Wildman–Crippen MR) is 118 cm³/mol. The van der Waals surface area contributed by atoms with Crippen LogP contribution in [0, 0.1) is 6.92 Å². The minimum absolute atomic E-state index is 0.0463. The topological polar surface area (TPSA) is 107 Å². The Hall–Kier alpha value is -2.84. The first-order chi connectivity index (χ1) is 14.2. The highest BCUT2D eigenvalue weighted by molar-refractivity contribution is 9.10. The molecule has 0 aliphatic heterocycles. The first kappa shape index (κ1) is 21.9. The van der Waals surface area contributed by atoms with Crippen molar-refractivity contribution in [2.24, 2.45) is 0 Å². The van der Waals surface area contributed by atoms with Crippen molar-refractivity contribution in [2.75, 3.05) is 12.8 Å². The number of carboxylic acid groups (broad SMARTS) is 1. The normalized spacial score (nSPS) is 11.3. The van der Waals surface area contributed by atoms with Crippen LogP contribution < -0.4 is 10.5 Å². The Bertz CT molecular complexity index is 1210. The molecule has 0 radical (unpaired) electrons. The summed E-state index contributed by atoms with van der Waals surface area (Å²) >= 11 is 3.24. The summed E-state index contributed by atoms with van der Waals surface area (Å²) in [5, 5.41) is 10.0. The van der Waals surface area contributed by atoms with Gasteiger partial charge in [0.05, 0.1) is 27.7 Å². The van der Waals surface area contributed by atoms with E-state index in [0.717, 1.165) is 5.56 Å². The van der Waals surface area contributed by atoms with E-state index in [1.54, 1.807) is 6.92 Å². The Morgan fingerprint density at radius 1 is 1.10 bits per heavy atom. The number of halogens is 1. The Kier molecular flexibility index (Phi) is 6.19. The molecule has 0 aromatic heterocycles. The molecule has 0 fully saturated rings. The van der Waals surface area contributed by atoms with Gasteiger partial charge in [-0.05, 0) is 70.2 Å². The molecule has 0 bridgehead atoms. The van der Waals surface area contributed by atoms with Crippen LogP contribution >= 0.6 is 15.9 Å². The average molecular weight is 490 g/mol. The summed E-state index contributed by atoms with van der Waals surface area (Å²) in [7, 11) is -2.72. The lowest BCUT2D eigenvalue weighted by Gasteiger charge is -2.19. The maximum Gasteiger partial charge on any atom is 0.337 e. The van der Waals surface area contributed by atoms with Crippen molar-refractivity contribution in [3.63, 3.8) is 0 Å². The van der Waals surface area contributed by atoms with Crippen LogP contribution in [0.15, 0.2) is 68.9 Å². The minimum Gasteiger partial charge on any atom is -0.497 e. The quantitative estimate of drug-likeness (QED) is 0.494. The lowest BCUT2D eigenvalue weighted by atomic mass is 9.94. The van der Waals surface area contributed by atoms with Gasteiger partial charge in [-0.2, -0.15) is 0 Å². The van der Waals surface area contributed by atoms with Crippen LogP contribution in [-0.2, 0) is 16.3 Å². The summed E-state index contributed by atoms with van der Waals surface area (Å²) in [5.41, 5.74) is 7.84. The molecule has 0 saturated heterocycles. The minimum atomic E-state index is -4.19. The van der Waals surface area contributed by atoms with Crippen molar-refractivity contribution < 1.29 is 23.1 Å². The van der Waals surface area contributed by atoms with Crippen molar-refractivity contribution in [1.82, 2.24) is 0 Å². The second kappa shape index (κ2) is 8.49. The number of carboxylic acids is 1. The van der Waals surface area contributed by atoms with Gasteiger partial charge in [-0.3, -0.25) is 0 Å². The average Bonchev–Trinajstić information content (AvgIpc) is 2.74. The van der Waals surface area contributed by atoms with E-state index in [0.29, 0.717) is 16.9 Å². The highest BCUT2D eigenvalue weighted by Crippen LogP contribution is 2.40. The number of ether oxygens (including phenoxy) is 1. The zero-order valence-electron chi connectivity index (χ0n) is 16.3. The van der Waals surface area contributed by atoms with Crippen LogP contribution in [0.3, 0.4) is 0 Å². The zero-order chi connectivity index (χ0) is 22.1. The number of nitrogens with two attached hydrogens (primary N) is 1. The number of sulfone groups is 1. The van der Waals surface area contributed by atoms with Crippen molar-refractivity contribution in [3.05, 3.63) is 81.3 Å². The van der Waals surface area contributed by atoms with E-state index in [4.69, 9.17) is 10.5 Å². The van der Waals surface area contributed by atoms with E-state index < -0.39 is 15.8 Å². The van der Waals surface area contributed by atoms with Crippen LogP contribution in [0.2, 0.25) is 0 Å². The van der Waals surface area contributed by atoms with E-state index in [1.165, 1.54) is 31.4 Å². The number of nitrogen functional groups attached to an aromatic ring is 1. The third-order valence-electron chi connectivity index (χ3n) is 4.90.